The van der Waals surface area contributed by atoms with Gasteiger partial charge in [-0.25, -0.2) is 9.78 Å². The van der Waals surface area contributed by atoms with E-state index in [9.17, 15) is 9.59 Å². The fourth-order valence-electron chi connectivity index (χ4n) is 4.41. The summed E-state index contributed by atoms with van der Waals surface area (Å²) in [6.45, 7) is 3.54. The number of rotatable bonds is 7. The van der Waals surface area contributed by atoms with Gasteiger partial charge in [0, 0.05) is 63.3 Å². The Labute approximate surface area is 204 Å². The molecule has 0 atom stereocenters. The Bertz CT molecular complexity index is 1180. The molecule has 9 heteroatoms. The van der Waals surface area contributed by atoms with Crippen LogP contribution in [0.5, 0.6) is 5.75 Å². The first-order valence-corrected chi connectivity index (χ1v) is 12.1. The zero-order chi connectivity index (χ0) is 24.2. The highest BCUT2D eigenvalue weighted by atomic mass is 16.6. The van der Waals surface area contributed by atoms with Crippen molar-refractivity contribution in [2.75, 3.05) is 46.5 Å². The number of fused-ring (bicyclic) bond motifs is 1. The lowest BCUT2D eigenvalue weighted by Crippen LogP contribution is -2.42. The molecule has 2 aromatic heterocycles. The first-order chi connectivity index (χ1) is 17.1. The van der Waals surface area contributed by atoms with E-state index in [4.69, 9.17) is 14.2 Å². The van der Waals surface area contributed by atoms with E-state index in [2.05, 4.69) is 4.98 Å². The summed E-state index contributed by atoms with van der Waals surface area (Å²) in [5.41, 5.74) is 1.72. The lowest BCUT2D eigenvalue weighted by molar-refractivity contribution is 0.0513. The van der Waals surface area contributed by atoms with E-state index in [-0.39, 0.29) is 24.7 Å². The van der Waals surface area contributed by atoms with E-state index < -0.39 is 0 Å². The van der Waals surface area contributed by atoms with Crippen molar-refractivity contribution in [3.05, 3.63) is 54.4 Å². The Hall–Kier alpha value is -3.59. The predicted octanol–water partition coefficient (Wildman–Crippen LogP) is 3.50. The molecular weight excluding hydrogens is 448 g/mol. The number of aromatic nitrogens is 2. The number of piperidine rings is 1. The summed E-state index contributed by atoms with van der Waals surface area (Å²) in [7, 11) is 1.58. The number of likely N-dealkylation sites (tertiary alicyclic amines) is 2. The molecule has 0 saturated carbocycles. The van der Waals surface area contributed by atoms with Crippen molar-refractivity contribution in [2.45, 2.75) is 25.4 Å². The van der Waals surface area contributed by atoms with Crippen LogP contribution in [-0.2, 0) is 9.47 Å². The van der Waals surface area contributed by atoms with E-state index in [1.165, 1.54) is 0 Å². The van der Waals surface area contributed by atoms with Gasteiger partial charge in [-0.2, -0.15) is 0 Å². The van der Waals surface area contributed by atoms with Gasteiger partial charge in [0.25, 0.3) is 5.91 Å². The Morgan fingerprint density at radius 3 is 2.51 bits per heavy atom. The van der Waals surface area contributed by atoms with Crippen molar-refractivity contribution in [1.29, 1.82) is 0 Å². The summed E-state index contributed by atoms with van der Waals surface area (Å²) >= 11 is 0. The second kappa shape index (κ2) is 10.4. The normalized spacial score (nSPS) is 16.3. The number of benzene rings is 1. The number of amides is 2. The molecule has 2 amide bonds. The molecule has 5 rings (SSSR count). The van der Waals surface area contributed by atoms with Crippen molar-refractivity contribution in [3.8, 4) is 11.6 Å². The largest absolute Gasteiger partial charge is 0.489 e. The Kier molecular flexibility index (Phi) is 6.85. The number of methoxy groups -OCH3 is 1. The van der Waals surface area contributed by atoms with Gasteiger partial charge < -0.3 is 28.6 Å². The average Bonchev–Trinajstić information content (AvgIpc) is 3.27. The van der Waals surface area contributed by atoms with E-state index in [1.54, 1.807) is 18.2 Å². The third-order valence-corrected chi connectivity index (χ3v) is 6.56. The average molecular weight is 479 g/mol. The van der Waals surface area contributed by atoms with Crippen LogP contribution in [0.1, 0.15) is 29.6 Å². The first kappa shape index (κ1) is 23.2. The molecule has 2 saturated heterocycles. The van der Waals surface area contributed by atoms with Gasteiger partial charge in [-0.15, -0.1) is 0 Å². The maximum absolute atomic E-state index is 12.5. The molecular formula is C26H30N4O5. The smallest absolute Gasteiger partial charge is 0.409 e. The summed E-state index contributed by atoms with van der Waals surface area (Å²) in [4.78, 5) is 32.7. The number of ether oxygens (including phenoxy) is 3. The van der Waals surface area contributed by atoms with Gasteiger partial charge in [0.1, 0.15) is 24.3 Å². The van der Waals surface area contributed by atoms with Gasteiger partial charge in [0.15, 0.2) is 0 Å². The Balaban J connectivity index is 1.18. The lowest BCUT2D eigenvalue weighted by Gasteiger charge is -2.31. The lowest BCUT2D eigenvalue weighted by atomic mass is 10.1. The van der Waals surface area contributed by atoms with Gasteiger partial charge >= 0.3 is 6.09 Å². The molecule has 4 heterocycles. The van der Waals surface area contributed by atoms with Gasteiger partial charge in [0.2, 0.25) is 0 Å². The van der Waals surface area contributed by atoms with Gasteiger partial charge in [-0.3, -0.25) is 4.79 Å². The maximum Gasteiger partial charge on any atom is 0.409 e. The number of nitrogens with zero attached hydrogens (tertiary/aromatic N) is 4. The Morgan fingerprint density at radius 1 is 1.00 bits per heavy atom. The van der Waals surface area contributed by atoms with Gasteiger partial charge in [0.05, 0.1) is 18.3 Å². The van der Waals surface area contributed by atoms with Crippen LogP contribution < -0.4 is 4.74 Å². The molecule has 3 aromatic rings. The van der Waals surface area contributed by atoms with Crippen LogP contribution in [0.15, 0.2) is 48.8 Å². The van der Waals surface area contributed by atoms with Crippen molar-refractivity contribution < 1.29 is 23.8 Å². The molecule has 1 aromatic carbocycles. The quantitative estimate of drug-likeness (QED) is 0.483. The third-order valence-electron chi connectivity index (χ3n) is 6.56. The second-order valence-electron chi connectivity index (χ2n) is 8.87. The van der Waals surface area contributed by atoms with Crippen LogP contribution in [0.4, 0.5) is 4.79 Å². The van der Waals surface area contributed by atoms with Crippen molar-refractivity contribution >= 4 is 22.9 Å². The Morgan fingerprint density at radius 2 is 1.83 bits per heavy atom. The molecule has 9 nitrogen and oxygen atoms in total. The monoisotopic (exact) mass is 478 g/mol. The van der Waals surface area contributed by atoms with Crippen LogP contribution in [-0.4, -0.2) is 84.0 Å². The predicted molar refractivity (Wildman–Crippen MR) is 130 cm³/mol. The maximum atomic E-state index is 12.5. The van der Waals surface area contributed by atoms with Crippen LogP contribution in [0, 0.1) is 0 Å². The minimum absolute atomic E-state index is 0.0282. The zero-order valence-electron chi connectivity index (χ0n) is 19.9. The van der Waals surface area contributed by atoms with E-state index in [1.807, 2.05) is 52.1 Å². The van der Waals surface area contributed by atoms with Crippen LogP contribution in [0.2, 0.25) is 0 Å². The summed E-state index contributed by atoms with van der Waals surface area (Å²) in [6, 6.07) is 11.7. The SMILES string of the molecule is COCCOC(=O)N1CCC(Oc2ccc(-n3ccc4cc(C(=O)N5CCC5)ccc43)nc2)CC1. The summed E-state index contributed by atoms with van der Waals surface area (Å²) in [5, 5.41) is 1.01. The molecule has 0 bridgehead atoms. The number of carbonyl (C=O) groups is 2. The fourth-order valence-corrected chi connectivity index (χ4v) is 4.41. The number of carbonyl (C=O) groups excluding carboxylic acids is 2. The highest BCUT2D eigenvalue weighted by Crippen LogP contribution is 2.24. The van der Waals surface area contributed by atoms with E-state index >= 15 is 0 Å². The third kappa shape index (κ3) is 5.09. The molecule has 35 heavy (non-hydrogen) atoms. The van der Waals surface area contributed by atoms with Crippen molar-refractivity contribution in [3.63, 3.8) is 0 Å². The standard InChI is InChI=1S/C26H30N4O5/c1-33-15-16-34-26(32)29-12-8-21(9-13-29)35-22-4-6-24(27-18-22)30-14-7-19-17-20(3-5-23(19)30)25(31)28-10-2-11-28/h3-7,14,17-18,21H,2,8-13,15-16H2,1H3. The minimum atomic E-state index is -0.303. The molecule has 0 spiro atoms. The van der Waals surface area contributed by atoms with Gasteiger partial charge in [-0.1, -0.05) is 0 Å². The molecule has 184 valence electrons. The number of hydrogen-bond acceptors (Lipinski definition) is 6. The second-order valence-corrected chi connectivity index (χ2v) is 8.87. The van der Waals surface area contributed by atoms with Crippen LogP contribution in [0.25, 0.3) is 16.7 Å². The number of pyridine rings is 1. The fraction of sp³-hybridized carbons (Fsp3) is 0.423. The minimum Gasteiger partial charge on any atom is -0.489 e. The van der Waals surface area contributed by atoms with Crippen molar-refractivity contribution in [2.24, 2.45) is 0 Å². The molecule has 2 aliphatic rings. The summed E-state index contributed by atoms with van der Waals surface area (Å²) in [5.74, 6) is 1.58. The van der Waals surface area contributed by atoms with Crippen molar-refractivity contribution in [1.82, 2.24) is 19.4 Å². The van der Waals surface area contributed by atoms with Gasteiger partial charge in [-0.05, 0) is 42.8 Å². The molecule has 0 N–H and O–H groups in total. The molecule has 2 fully saturated rings. The number of hydrogen-bond donors (Lipinski definition) is 0. The molecule has 0 aliphatic carbocycles. The topological polar surface area (TPSA) is 86.1 Å². The van der Waals surface area contributed by atoms with Crippen LogP contribution in [0.3, 0.4) is 0 Å². The summed E-state index contributed by atoms with van der Waals surface area (Å²) < 4.78 is 18.2. The molecule has 0 radical (unpaired) electrons. The summed E-state index contributed by atoms with van der Waals surface area (Å²) in [6.07, 6.45) is 5.98. The highest BCUT2D eigenvalue weighted by molar-refractivity contribution is 5.98. The van der Waals surface area contributed by atoms with Crippen LogP contribution >= 0.6 is 0 Å². The first-order valence-electron chi connectivity index (χ1n) is 12.1. The highest BCUT2D eigenvalue weighted by Gasteiger charge is 2.25. The van der Waals surface area contributed by atoms with E-state index in [0.717, 1.165) is 54.6 Å². The molecule has 0 unspecified atom stereocenters. The van der Waals surface area contributed by atoms with E-state index in [0.29, 0.717) is 25.4 Å². The zero-order valence-corrected chi connectivity index (χ0v) is 19.9. The molecule has 2 aliphatic heterocycles.